The van der Waals surface area contributed by atoms with E-state index >= 15 is 0 Å². The van der Waals surface area contributed by atoms with E-state index in [9.17, 15) is 4.79 Å². The molecule has 0 saturated heterocycles. The molecule has 0 bridgehead atoms. The second kappa shape index (κ2) is 8.87. The molecule has 6 nitrogen and oxygen atoms in total. The summed E-state index contributed by atoms with van der Waals surface area (Å²) in [5, 5.41) is 6.08. The van der Waals surface area contributed by atoms with Crippen molar-refractivity contribution in [2.24, 2.45) is 5.92 Å². The molecule has 0 saturated carbocycles. The zero-order valence-corrected chi connectivity index (χ0v) is 17.0. The van der Waals surface area contributed by atoms with E-state index in [0.29, 0.717) is 6.54 Å². The van der Waals surface area contributed by atoms with Crippen LogP contribution in [-0.2, 0) is 6.42 Å². The van der Waals surface area contributed by atoms with Crippen LogP contribution in [0.15, 0.2) is 48.7 Å². The van der Waals surface area contributed by atoms with E-state index in [0.717, 1.165) is 23.4 Å². The molecule has 3 aromatic rings. The van der Waals surface area contributed by atoms with Crippen LogP contribution in [0.5, 0.6) is 0 Å². The van der Waals surface area contributed by atoms with E-state index in [1.807, 2.05) is 30.3 Å². The fourth-order valence-electron chi connectivity index (χ4n) is 3.36. The Hall–Kier alpha value is -2.89. The molecule has 28 heavy (non-hydrogen) atoms. The monoisotopic (exact) mass is 379 g/mol. The lowest BCUT2D eigenvalue weighted by molar-refractivity contribution is 0.231. The van der Waals surface area contributed by atoms with Crippen LogP contribution >= 0.6 is 0 Å². The number of pyridine rings is 1. The second-order valence-corrected chi connectivity index (χ2v) is 7.64. The van der Waals surface area contributed by atoms with Gasteiger partial charge in [-0.3, -0.25) is 0 Å². The van der Waals surface area contributed by atoms with Gasteiger partial charge in [-0.05, 0) is 43.9 Å². The maximum Gasteiger partial charge on any atom is 0.315 e. The number of hydrogen-bond donors (Lipinski definition) is 2. The molecule has 1 aromatic carbocycles. The Morgan fingerprint density at radius 1 is 1.07 bits per heavy atom. The fourth-order valence-corrected chi connectivity index (χ4v) is 3.36. The van der Waals surface area contributed by atoms with Gasteiger partial charge in [-0.1, -0.05) is 44.2 Å². The van der Waals surface area contributed by atoms with Crippen LogP contribution in [0.3, 0.4) is 0 Å². The predicted octanol–water partition coefficient (Wildman–Crippen LogP) is 4.25. The van der Waals surface area contributed by atoms with Gasteiger partial charge in [0.25, 0.3) is 0 Å². The van der Waals surface area contributed by atoms with Crippen LogP contribution in [0.2, 0.25) is 0 Å². The number of nitrogens with zero attached hydrogens (tertiary/aromatic N) is 3. The number of benzene rings is 1. The summed E-state index contributed by atoms with van der Waals surface area (Å²) in [6.45, 7) is 8.98. The van der Waals surface area contributed by atoms with Gasteiger partial charge in [0.15, 0.2) is 5.65 Å². The first kappa shape index (κ1) is 19.9. The molecule has 0 spiro atoms. The Kier molecular flexibility index (Phi) is 6.29. The minimum atomic E-state index is -0.201. The summed E-state index contributed by atoms with van der Waals surface area (Å²) in [6, 6.07) is 13.8. The molecule has 1 unspecified atom stereocenters. The summed E-state index contributed by atoms with van der Waals surface area (Å²) >= 11 is 0. The summed E-state index contributed by atoms with van der Waals surface area (Å²) in [7, 11) is 0. The van der Waals surface area contributed by atoms with Gasteiger partial charge >= 0.3 is 6.03 Å². The molecule has 0 aliphatic carbocycles. The highest BCUT2D eigenvalue weighted by atomic mass is 16.2. The molecule has 2 aromatic heterocycles. The summed E-state index contributed by atoms with van der Waals surface area (Å²) in [5.74, 6) is 1.03. The first-order valence-electron chi connectivity index (χ1n) is 9.88. The van der Waals surface area contributed by atoms with E-state index in [1.54, 1.807) is 6.20 Å². The topological polar surface area (TPSA) is 71.8 Å². The van der Waals surface area contributed by atoms with Crippen molar-refractivity contribution < 1.29 is 4.79 Å². The van der Waals surface area contributed by atoms with Gasteiger partial charge < -0.3 is 15.2 Å². The summed E-state index contributed by atoms with van der Waals surface area (Å²) in [6.07, 6.45) is 2.58. The normalized spacial score (nSPS) is 12.5. The minimum absolute atomic E-state index is 0.176. The number of hydrogen-bond acceptors (Lipinski definition) is 3. The van der Waals surface area contributed by atoms with Gasteiger partial charge in [0.2, 0.25) is 0 Å². The average molecular weight is 380 g/mol. The quantitative estimate of drug-likeness (QED) is 0.644. The van der Waals surface area contributed by atoms with E-state index in [2.05, 4.69) is 60.0 Å². The largest absolute Gasteiger partial charge is 0.338 e. The molecule has 0 aliphatic rings. The number of carbonyl (C=O) groups is 1. The van der Waals surface area contributed by atoms with Crippen LogP contribution in [-0.4, -0.2) is 27.1 Å². The van der Waals surface area contributed by atoms with Gasteiger partial charge in [0, 0.05) is 18.8 Å². The van der Waals surface area contributed by atoms with Crippen LogP contribution in [0, 0.1) is 5.92 Å². The smallest absolute Gasteiger partial charge is 0.315 e. The van der Waals surface area contributed by atoms with Crippen LogP contribution in [0.4, 0.5) is 4.79 Å². The van der Waals surface area contributed by atoms with Crippen molar-refractivity contribution in [1.82, 2.24) is 25.2 Å². The Labute approximate surface area is 166 Å². The van der Waals surface area contributed by atoms with Crippen molar-refractivity contribution in [3.63, 3.8) is 0 Å². The zero-order chi connectivity index (χ0) is 20.1. The molecule has 1 atom stereocenters. The van der Waals surface area contributed by atoms with E-state index in [-0.39, 0.29) is 24.0 Å². The lowest BCUT2D eigenvalue weighted by Gasteiger charge is -2.24. The number of amides is 2. The number of rotatable bonds is 7. The summed E-state index contributed by atoms with van der Waals surface area (Å²) in [5.41, 5.74) is 2.91. The van der Waals surface area contributed by atoms with Crippen molar-refractivity contribution in [3.8, 4) is 0 Å². The number of carbonyl (C=O) groups excluding carboxylic acids is 1. The third kappa shape index (κ3) is 4.50. The minimum Gasteiger partial charge on any atom is -0.338 e. The lowest BCUT2D eigenvalue weighted by atomic mass is 10.0. The lowest BCUT2D eigenvalue weighted by Crippen LogP contribution is -2.41. The van der Waals surface area contributed by atoms with Gasteiger partial charge in [-0.2, -0.15) is 0 Å². The van der Waals surface area contributed by atoms with Gasteiger partial charge in [-0.15, -0.1) is 0 Å². The Balaban J connectivity index is 1.74. The number of aromatic nitrogens is 3. The van der Waals surface area contributed by atoms with Gasteiger partial charge in [0.1, 0.15) is 11.3 Å². The molecule has 0 aliphatic heterocycles. The first-order valence-corrected chi connectivity index (χ1v) is 9.88. The van der Waals surface area contributed by atoms with Gasteiger partial charge in [0.05, 0.1) is 6.04 Å². The van der Waals surface area contributed by atoms with Crippen LogP contribution in [0.1, 0.15) is 51.2 Å². The zero-order valence-electron chi connectivity index (χ0n) is 17.0. The molecule has 3 rings (SSSR count). The molecule has 0 fully saturated rings. The molecule has 2 heterocycles. The summed E-state index contributed by atoms with van der Waals surface area (Å²) < 4.78 is 2.12. The Morgan fingerprint density at radius 2 is 1.82 bits per heavy atom. The maximum atomic E-state index is 12.5. The molecule has 6 heteroatoms. The third-order valence-corrected chi connectivity index (χ3v) is 4.77. The highest BCUT2D eigenvalue weighted by Crippen LogP contribution is 2.27. The number of fused-ring (bicyclic) bond motifs is 1. The maximum absolute atomic E-state index is 12.5. The van der Waals surface area contributed by atoms with Crippen molar-refractivity contribution in [1.29, 1.82) is 0 Å². The van der Waals surface area contributed by atoms with Crippen molar-refractivity contribution in [3.05, 3.63) is 60.0 Å². The van der Waals surface area contributed by atoms with E-state index in [1.165, 1.54) is 5.56 Å². The number of urea groups is 1. The van der Waals surface area contributed by atoms with E-state index in [4.69, 9.17) is 4.98 Å². The highest BCUT2D eigenvalue weighted by Gasteiger charge is 2.26. The van der Waals surface area contributed by atoms with Gasteiger partial charge in [-0.25, -0.2) is 14.8 Å². The molecule has 0 radical (unpaired) electrons. The third-order valence-electron chi connectivity index (χ3n) is 4.77. The SMILES string of the molecule is CC(C)C(NC(=O)NCCc1ccccc1)c1nc2cccnc2n1C(C)C. The molecular formula is C22H29N5O. The van der Waals surface area contributed by atoms with Crippen LogP contribution in [0.25, 0.3) is 11.2 Å². The molecular weight excluding hydrogens is 350 g/mol. The molecule has 2 N–H and O–H groups in total. The highest BCUT2D eigenvalue weighted by molar-refractivity contribution is 5.75. The molecule has 148 valence electrons. The number of imidazole rings is 1. The number of nitrogens with one attached hydrogen (secondary N) is 2. The average Bonchev–Trinajstić information content (AvgIpc) is 3.06. The Morgan fingerprint density at radius 3 is 2.50 bits per heavy atom. The van der Waals surface area contributed by atoms with Crippen molar-refractivity contribution >= 4 is 17.2 Å². The van der Waals surface area contributed by atoms with Crippen molar-refractivity contribution in [2.75, 3.05) is 6.54 Å². The van der Waals surface area contributed by atoms with Crippen LogP contribution < -0.4 is 10.6 Å². The standard InChI is InChI=1S/C22H29N5O/c1-15(2)19(26-22(28)24-14-12-17-9-6-5-7-10-17)21-25-18-11-8-13-23-20(18)27(21)16(3)4/h5-11,13,15-16,19H,12,14H2,1-4H3,(H2,24,26,28). The van der Waals surface area contributed by atoms with E-state index < -0.39 is 0 Å². The summed E-state index contributed by atoms with van der Waals surface area (Å²) in [4.78, 5) is 21.8. The Bertz CT molecular complexity index is 917. The van der Waals surface area contributed by atoms with Crippen molar-refractivity contribution in [2.45, 2.75) is 46.2 Å². The fraction of sp³-hybridized carbons (Fsp3) is 0.409. The first-order chi connectivity index (χ1) is 13.5. The predicted molar refractivity (Wildman–Crippen MR) is 112 cm³/mol. The second-order valence-electron chi connectivity index (χ2n) is 7.64. The molecule has 2 amide bonds.